The summed E-state index contributed by atoms with van der Waals surface area (Å²) in [5, 5.41) is 1.50. The third kappa shape index (κ3) is 4.80. The normalized spacial score (nSPS) is 16.8. The van der Waals surface area contributed by atoms with E-state index in [1.165, 1.54) is 44.7 Å². The second-order valence-corrected chi connectivity index (χ2v) is 11.2. The number of aryl methyl sites for hydroxylation is 2. The number of rotatable bonds is 5. The van der Waals surface area contributed by atoms with E-state index in [9.17, 15) is 18.0 Å². The largest absolute Gasteiger partial charge is 0.452 e. The van der Waals surface area contributed by atoms with Gasteiger partial charge in [-0.15, -0.1) is 0 Å². The molecule has 1 amide bonds. The average Bonchev–Trinajstić information content (AvgIpc) is 3.25. The molecule has 1 fully saturated rings. The highest BCUT2D eigenvalue weighted by Crippen LogP contribution is 2.30. The molecule has 1 N–H and O–H groups in total. The van der Waals surface area contributed by atoms with Crippen molar-refractivity contribution in [3.63, 3.8) is 0 Å². The Kier molecular flexibility index (Phi) is 6.57. The molecule has 0 radical (unpaired) electrons. The van der Waals surface area contributed by atoms with Crippen LogP contribution in [0.25, 0.3) is 10.9 Å². The van der Waals surface area contributed by atoms with Gasteiger partial charge in [0.15, 0.2) is 6.61 Å². The number of aromatic nitrogens is 1. The van der Waals surface area contributed by atoms with Gasteiger partial charge < -0.3 is 14.6 Å². The number of amides is 1. The van der Waals surface area contributed by atoms with Gasteiger partial charge in [-0.25, -0.2) is 13.2 Å². The third-order valence-corrected chi connectivity index (χ3v) is 8.87. The summed E-state index contributed by atoms with van der Waals surface area (Å²) >= 11 is 5.85. The highest BCUT2D eigenvalue weighted by Gasteiger charge is 2.30. The molecule has 5 rings (SSSR count). The number of carbonyl (C=O) groups excluding carboxylic acids is 2. The fourth-order valence-corrected chi connectivity index (χ4v) is 6.32. The van der Waals surface area contributed by atoms with Crippen LogP contribution in [0.5, 0.6) is 0 Å². The summed E-state index contributed by atoms with van der Waals surface area (Å²) in [6.07, 6.45) is 4.31. The molecule has 1 aliphatic carbocycles. The van der Waals surface area contributed by atoms with Crippen molar-refractivity contribution >= 4 is 44.4 Å². The Bertz CT molecular complexity index is 1380. The molecule has 3 aromatic rings. The van der Waals surface area contributed by atoms with E-state index >= 15 is 0 Å². The van der Waals surface area contributed by atoms with E-state index in [2.05, 4.69) is 4.98 Å². The topological polar surface area (TPSA) is 99.8 Å². The second-order valence-electron chi connectivity index (χ2n) is 8.86. The third-order valence-electron chi connectivity index (χ3n) is 6.70. The van der Waals surface area contributed by atoms with Crippen LogP contribution in [-0.4, -0.2) is 67.3 Å². The van der Waals surface area contributed by atoms with Gasteiger partial charge in [0.1, 0.15) is 0 Å². The zero-order chi connectivity index (χ0) is 24.6. The first-order chi connectivity index (χ1) is 16.8. The van der Waals surface area contributed by atoms with Crippen molar-refractivity contribution in [2.45, 2.75) is 30.6 Å². The Morgan fingerprint density at radius 2 is 1.69 bits per heavy atom. The maximum atomic E-state index is 12.8. The van der Waals surface area contributed by atoms with Crippen LogP contribution in [0.3, 0.4) is 0 Å². The first-order valence-corrected chi connectivity index (χ1v) is 13.5. The minimum atomic E-state index is -3.66. The zero-order valence-electron chi connectivity index (χ0n) is 19.1. The molecule has 0 atom stereocenters. The molecule has 0 bridgehead atoms. The maximum Gasteiger partial charge on any atom is 0.338 e. The first-order valence-electron chi connectivity index (χ1n) is 11.7. The van der Waals surface area contributed by atoms with Crippen LogP contribution >= 0.6 is 11.6 Å². The monoisotopic (exact) mass is 515 g/mol. The number of ether oxygens (including phenoxy) is 1. The van der Waals surface area contributed by atoms with Gasteiger partial charge in [-0.1, -0.05) is 11.6 Å². The number of aromatic amines is 1. The molecule has 1 saturated heterocycles. The Morgan fingerprint density at radius 3 is 2.43 bits per heavy atom. The number of carbonyl (C=O) groups is 2. The molecule has 8 nitrogen and oxygen atoms in total. The maximum absolute atomic E-state index is 12.8. The lowest BCUT2D eigenvalue weighted by Gasteiger charge is -2.33. The fourth-order valence-electron chi connectivity index (χ4n) is 4.77. The molecule has 2 aliphatic rings. The number of benzene rings is 2. The van der Waals surface area contributed by atoms with Crippen LogP contribution in [0, 0.1) is 0 Å². The molecule has 2 aromatic carbocycles. The molecule has 1 aromatic heterocycles. The minimum Gasteiger partial charge on any atom is -0.452 e. The summed E-state index contributed by atoms with van der Waals surface area (Å²) in [4.78, 5) is 30.4. The van der Waals surface area contributed by atoms with Gasteiger partial charge in [0.2, 0.25) is 10.0 Å². The van der Waals surface area contributed by atoms with E-state index in [0.29, 0.717) is 10.6 Å². The number of sulfonamides is 1. The predicted molar refractivity (Wildman–Crippen MR) is 132 cm³/mol. The number of nitrogens with zero attached hydrogens (tertiary/aromatic N) is 2. The SMILES string of the molecule is O=C(OCC(=O)N1CCN(S(=O)(=O)c2ccc(Cl)cc2)CC1)c1ccc2[nH]c3c(c2c1)CCCC3. The van der Waals surface area contributed by atoms with Crippen LogP contribution in [0.1, 0.15) is 34.5 Å². The summed E-state index contributed by atoms with van der Waals surface area (Å²) in [6.45, 7) is 0.404. The summed E-state index contributed by atoms with van der Waals surface area (Å²) in [5.41, 5.74) is 3.93. The molecule has 0 saturated carbocycles. The Balaban J connectivity index is 1.17. The van der Waals surface area contributed by atoms with Crippen LogP contribution < -0.4 is 0 Å². The molecule has 35 heavy (non-hydrogen) atoms. The number of esters is 1. The van der Waals surface area contributed by atoms with Gasteiger partial charge >= 0.3 is 5.97 Å². The van der Waals surface area contributed by atoms with Crippen LogP contribution in [-0.2, 0) is 32.4 Å². The van der Waals surface area contributed by atoms with Crippen molar-refractivity contribution in [3.8, 4) is 0 Å². The fraction of sp³-hybridized carbons (Fsp3) is 0.360. The van der Waals surface area contributed by atoms with Crippen LogP contribution in [0.2, 0.25) is 5.02 Å². The van der Waals surface area contributed by atoms with E-state index < -0.39 is 16.0 Å². The lowest BCUT2D eigenvalue weighted by molar-refractivity contribution is -0.135. The average molecular weight is 516 g/mol. The smallest absolute Gasteiger partial charge is 0.338 e. The van der Waals surface area contributed by atoms with E-state index in [-0.39, 0.29) is 43.6 Å². The highest BCUT2D eigenvalue weighted by atomic mass is 35.5. The van der Waals surface area contributed by atoms with Gasteiger partial charge in [0.25, 0.3) is 5.91 Å². The van der Waals surface area contributed by atoms with Crippen LogP contribution in [0.15, 0.2) is 47.4 Å². The quantitative estimate of drug-likeness (QED) is 0.525. The van der Waals surface area contributed by atoms with E-state index in [4.69, 9.17) is 16.3 Å². The molecule has 10 heteroatoms. The van der Waals surface area contributed by atoms with E-state index in [1.807, 2.05) is 12.1 Å². The Labute approximate surface area is 208 Å². The number of hydrogen-bond donors (Lipinski definition) is 1. The van der Waals surface area contributed by atoms with Crippen molar-refractivity contribution in [2.75, 3.05) is 32.8 Å². The van der Waals surface area contributed by atoms with Gasteiger partial charge in [-0.2, -0.15) is 4.31 Å². The Hall–Kier alpha value is -2.88. The summed E-state index contributed by atoms with van der Waals surface area (Å²) < 4.78 is 32.3. The van der Waals surface area contributed by atoms with Crippen molar-refractivity contribution in [1.29, 1.82) is 0 Å². The number of fused-ring (bicyclic) bond motifs is 3. The van der Waals surface area contributed by atoms with E-state index in [1.54, 1.807) is 6.07 Å². The van der Waals surface area contributed by atoms with Crippen molar-refractivity contribution in [3.05, 3.63) is 64.3 Å². The molecule has 1 aliphatic heterocycles. The molecule has 184 valence electrons. The molecular formula is C25H26ClN3O5S. The van der Waals surface area contributed by atoms with Crippen molar-refractivity contribution in [2.24, 2.45) is 0 Å². The standard InChI is InChI=1S/C25H26ClN3O5S/c26-18-6-8-19(9-7-18)35(32,33)29-13-11-28(12-14-29)24(30)16-34-25(31)17-5-10-23-21(15-17)20-3-1-2-4-22(20)27-23/h5-10,15,27H,1-4,11-14,16H2. The second kappa shape index (κ2) is 9.64. The summed E-state index contributed by atoms with van der Waals surface area (Å²) in [7, 11) is -3.66. The summed E-state index contributed by atoms with van der Waals surface area (Å²) in [5.74, 6) is -0.892. The number of H-pyrrole nitrogens is 1. The van der Waals surface area contributed by atoms with Gasteiger partial charge in [-0.3, -0.25) is 4.79 Å². The van der Waals surface area contributed by atoms with Gasteiger partial charge in [0.05, 0.1) is 10.5 Å². The molecule has 0 unspecified atom stereocenters. The first kappa shape index (κ1) is 23.8. The van der Waals surface area contributed by atoms with Gasteiger partial charge in [0, 0.05) is 47.8 Å². The lowest BCUT2D eigenvalue weighted by Crippen LogP contribution is -2.51. The molecule has 2 heterocycles. The molecular weight excluding hydrogens is 490 g/mol. The van der Waals surface area contributed by atoms with Crippen molar-refractivity contribution < 1.29 is 22.7 Å². The summed E-state index contributed by atoms with van der Waals surface area (Å²) in [6, 6.07) is 11.4. The van der Waals surface area contributed by atoms with Crippen LogP contribution in [0.4, 0.5) is 0 Å². The van der Waals surface area contributed by atoms with E-state index in [0.717, 1.165) is 36.6 Å². The highest BCUT2D eigenvalue weighted by molar-refractivity contribution is 7.89. The molecule has 0 spiro atoms. The Morgan fingerprint density at radius 1 is 0.971 bits per heavy atom. The predicted octanol–water partition coefficient (Wildman–Crippen LogP) is 3.39. The van der Waals surface area contributed by atoms with Crippen molar-refractivity contribution in [1.82, 2.24) is 14.2 Å². The van der Waals surface area contributed by atoms with Gasteiger partial charge in [-0.05, 0) is 73.7 Å². The lowest BCUT2D eigenvalue weighted by atomic mass is 9.95. The number of hydrogen-bond acceptors (Lipinski definition) is 5. The number of nitrogens with one attached hydrogen (secondary N) is 1. The zero-order valence-corrected chi connectivity index (χ0v) is 20.7. The number of halogens is 1. The minimum absolute atomic E-state index is 0.163. The number of piperazine rings is 1.